The molecule has 0 radical (unpaired) electrons. The summed E-state index contributed by atoms with van der Waals surface area (Å²) in [6, 6.07) is 18.7. The van der Waals surface area contributed by atoms with E-state index in [1.807, 2.05) is 35.9 Å². The Morgan fingerprint density at radius 1 is 0.939 bits per heavy atom. The van der Waals surface area contributed by atoms with Crippen LogP contribution in [0, 0.1) is 11.6 Å². The van der Waals surface area contributed by atoms with Crippen LogP contribution in [0.3, 0.4) is 0 Å². The molecule has 2 aromatic heterocycles. The van der Waals surface area contributed by atoms with Gasteiger partial charge in [0, 0.05) is 55.3 Å². The molecule has 0 aliphatic carbocycles. The quantitative estimate of drug-likeness (QED) is 0.194. The van der Waals surface area contributed by atoms with Gasteiger partial charge in [0.05, 0.1) is 17.6 Å². The van der Waals surface area contributed by atoms with Gasteiger partial charge in [-0.25, -0.2) is 22.9 Å². The van der Waals surface area contributed by atoms with Crippen LogP contribution in [0.15, 0.2) is 82.4 Å². The number of halogens is 2. The third-order valence-corrected chi connectivity index (χ3v) is 9.86. The molecule has 6 rings (SSSR count). The van der Waals surface area contributed by atoms with E-state index in [1.54, 1.807) is 42.5 Å². The zero-order valence-electron chi connectivity index (χ0n) is 27.2. The zero-order chi connectivity index (χ0) is 34.7. The van der Waals surface area contributed by atoms with Gasteiger partial charge in [-0.2, -0.15) is 0 Å². The first-order valence-corrected chi connectivity index (χ1v) is 16.9. The number of anilines is 1. The van der Waals surface area contributed by atoms with Crippen LogP contribution in [0.25, 0.3) is 26.3 Å². The van der Waals surface area contributed by atoms with Crippen LogP contribution in [-0.4, -0.2) is 64.1 Å². The third-order valence-electron chi connectivity index (χ3n) is 8.56. The van der Waals surface area contributed by atoms with Gasteiger partial charge in [-0.1, -0.05) is 36.4 Å². The highest BCUT2D eigenvalue weighted by Crippen LogP contribution is 2.38. The molecule has 0 saturated carbocycles. The van der Waals surface area contributed by atoms with Gasteiger partial charge in [-0.3, -0.25) is 14.2 Å². The predicted octanol–water partition coefficient (Wildman–Crippen LogP) is 5.40. The average Bonchev–Trinajstić information content (AvgIpc) is 3.67. The molecule has 13 heteroatoms. The largest absolute Gasteiger partial charge is 0.341 e. The van der Waals surface area contributed by atoms with Crippen molar-refractivity contribution in [1.29, 1.82) is 0 Å². The number of urea groups is 1. The molecule has 1 saturated heterocycles. The standard InChI is InChI=1S/C36H36F2N6O4S/c1-3-39-35(47)40-24-16-14-23(15-17-24)32-27(21-41(2)19-20-42-18-8-13-30(42)45)31-33(46)44(25-9-5-4-6-10-25)36(48)43(34(31)49-32)22-26-28(37)11-7-12-29(26)38/h4-7,9-12,14-17H,3,8,13,18-22H2,1-2H3,(H2,39,40,47). The second-order valence-electron chi connectivity index (χ2n) is 11.9. The fraction of sp³-hybridized carbons (Fsp3) is 0.278. The Bertz CT molecular complexity index is 2110. The van der Waals surface area contributed by atoms with Gasteiger partial charge in [-0.15, -0.1) is 11.3 Å². The molecular weight excluding hydrogens is 650 g/mol. The molecule has 5 aromatic rings. The van der Waals surface area contributed by atoms with Crippen molar-refractivity contribution in [1.82, 2.24) is 24.3 Å². The fourth-order valence-electron chi connectivity index (χ4n) is 6.06. The maximum absolute atomic E-state index is 15.0. The summed E-state index contributed by atoms with van der Waals surface area (Å²) in [5.41, 5.74) is 0.666. The fourth-order valence-corrected chi connectivity index (χ4v) is 7.36. The zero-order valence-corrected chi connectivity index (χ0v) is 28.0. The molecule has 0 atom stereocenters. The number of nitrogens with one attached hydrogen (secondary N) is 2. The number of carbonyl (C=O) groups is 2. The number of thiophene rings is 1. The van der Waals surface area contributed by atoms with Gasteiger partial charge in [0.25, 0.3) is 5.56 Å². The minimum atomic E-state index is -0.805. The Morgan fingerprint density at radius 3 is 2.31 bits per heavy atom. The van der Waals surface area contributed by atoms with E-state index in [2.05, 4.69) is 10.6 Å². The van der Waals surface area contributed by atoms with Crippen LogP contribution in [-0.2, 0) is 17.9 Å². The molecule has 10 nitrogen and oxygen atoms in total. The number of likely N-dealkylation sites (tertiary alicyclic amines) is 1. The van der Waals surface area contributed by atoms with Crippen molar-refractivity contribution in [2.24, 2.45) is 0 Å². The first-order chi connectivity index (χ1) is 23.7. The Labute approximate surface area is 285 Å². The summed E-state index contributed by atoms with van der Waals surface area (Å²) in [6.45, 7) is 3.89. The van der Waals surface area contributed by atoms with Crippen molar-refractivity contribution in [2.45, 2.75) is 32.9 Å². The normalized spacial score (nSPS) is 13.1. The van der Waals surface area contributed by atoms with E-state index in [1.165, 1.54) is 22.0 Å². The van der Waals surface area contributed by atoms with Gasteiger partial charge >= 0.3 is 11.7 Å². The third kappa shape index (κ3) is 7.03. The van der Waals surface area contributed by atoms with E-state index >= 15 is 8.78 Å². The monoisotopic (exact) mass is 686 g/mol. The van der Waals surface area contributed by atoms with E-state index in [0.29, 0.717) is 54.4 Å². The van der Waals surface area contributed by atoms with E-state index < -0.39 is 29.4 Å². The summed E-state index contributed by atoms with van der Waals surface area (Å²) >= 11 is 1.19. The van der Waals surface area contributed by atoms with Gasteiger partial charge in [0.2, 0.25) is 5.91 Å². The highest BCUT2D eigenvalue weighted by Gasteiger charge is 2.26. The van der Waals surface area contributed by atoms with Crippen LogP contribution < -0.4 is 21.9 Å². The van der Waals surface area contributed by atoms with Crippen LogP contribution >= 0.6 is 11.3 Å². The van der Waals surface area contributed by atoms with Crippen LogP contribution in [0.2, 0.25) is 0 Å². The molecule has 0 spiro atoms. The van der Waals surface area contributed by atoms with Crippen molar-refractivity contribution in [2.75, 3.05) is 38.5 Å². The Kier molecular flexibility index (Phi) is 10.0. The van der Waals surface area contributed by atoms with Crippen molar-refractivity contribution < 1.29 is 18.4 Å². The van der Waals surface area contributed by atoms with Crippen LogP contribution in [0.5, 0.6) is 0 Å². The lowest BCUT2D eigenvalue weighted by Crippen LogP contribution is -2.39. The number of benzene rings is 3. The Morgan fingerprint density at radius 2 is 1.65 bits per heavy atom. The molecule has 0 unspecified atom stereocenters. The minimum absolute atomic E-state index is 0.117. The highest BCUT2D eigenvalue weighted by molar-refractivity contribution is 7.22. The van der Waals surface area contributed by atoms with E-state index in [9.17, 15) is 19.2 Å². The number of aromatic nitrogens is 2. The number of rotatable bonds is 11. The number of amides is 3. The van der Waals surface area contributed by atoms with Crippen molar-refractivity contribution in [3.63, 3.8) is 0 Å². The van der Waals surface area contributed by atoms with Crippen LogP contribution in [0.4, 0.5) is 19.3 Å². The molecule has 1 aliphatic rings. The smallest absolute Gasteiger partial charge is 0.337 e. The lowest BCUT2D eigenvalue weighted by Gasteiger charge is -2.22. The second kappa shape index (κ2) is 14.5. The summed E-state index contributed by atoms with van der Waals surface area (Å²) in [5, 5.41) is 5.72. The van der Waals surface area contributed by atoms with Crippen molar-refractivity contribution in [3.05, 3.63) is 116 Å². The summed E-state index contributed by atoms with van der Waals surface area (Å²) in [5.74, 6) is -1.49. The topological polar surface area (TPSA) is 109 Å². The van der Waals surface area contributed by atoms with Gasteiger partial charge < -0.3 is 20.4 Å². The lowest BCUT2D eigenvalue weighted by molar-refractivity contribution is -0.127. The summed E-state index contributed by atoms with van der Waals surface area (Å²) in [7, 11) is 1.90. The summed E-state index contributed by atoms with van der Waals surface area (Å²) < 4.78 is 32.3. The minimum Gasteiger partial charge on any atom is -0.341 e. The number of carbonyl (C=O) groups excluding carboxylic acids is 2. The Balaban J connectivity index is 1.54. The number of fused-ring (bicyclic) bond motifs is 1. The number of para-hydroxylation sites is 1. The molecule has 254 valence electrons. The Hall–Kier alpha value is -5.14. The maximum atomic E-state index is 15.0. The molecule has 3 aromatic carbocycles. The average molecular weight is 687 g/mol. The number of likely N-dealkylation sites (N-methyl/N-ethyl adjacent to an activating group) is 1. The van der Waals surface area contributed by atoms with Crippen molar-refractivity contribution in [3.8, 4) is 16.1 Å². The summed E-state index contributed by atoms with van der Waals surface area (Å²) in [4.78, 5) is 57.9. The molecule has 1 aliphatic heterocycles. The lowest BCUT2D eigenvalue weighted by atomic mass is 10.1. The molecule has 49 heavy (non-hydrogen) atoms. The molecule has 1 fully saturated rings. The summed E-state index contributed by atoms with van der Waals surface area (Å²) in [6.07, 6.45) is 1.36. The van der Waals surface area contributed by atoms with E-state index in [-0.39, 0.29) is 34.3 Å². The molecule has 3 amide bonds. The number of hydrogen-bond acceptors (Lipinski definition) is 6. The van der Waals surface area contributed by atoms with Gasteiger partial charge in [0.15, 0.2) is 0 Å². The highest BCUT2D eigenvalue weighted by atomic mass is 32.1. The number of hydrogen-bond donors (Lipinski definition) is 2. The van der Waals surface area contributed by atoms with E-state index in [4.69, 9.17) is 0 Å². The molecule has 0 bridgehead atoms. The van der Waals surface area contributed by atoms with Gasteiger partial charge in [-0.05, 0) is 67.9 Å². The second-order valence-corrected chi connectivity index (χ2v) is 12.9. The first-order valence-electron chi connectivity index (χ1n) is 16.1. The molecule has 2 N–H and O–H groups in total. The molecule has 3 heterocycles. The van der Waals surface area contributed by atoms with Crippen LogP contribution in [0.1, 0.15) is 30.9 Å². The number of nitrogens with zero attached hydrogens (tertiary/aromatic N) is 4. The predicted molar refractivity (Wildman–Crippen MR) is 187 cm³/mol. The SMILES string of the molecule is CCNC(=O)Nc1ccc(-c2sc3c(c2CN(C)CCN2CCCC2=O)c(=O)n(-c2ccccc2)c(=O)n3Cc2c(F)cccc2F)cc1. The van der Waals surface area contributed by atoms with Gasteiger partial charge in [0.1, 0.15) is 16.5 Å². The first kappa shape index (κ1) is 33.7. The van der Waals surface area contributed by atoms with E-state index in [0.717, 1.165) is 28.7 Å². The molecular formula is C36H36F2N6O4S. The maximum Gasteiger partial charge on any atom is 0.337 e. The van der Waals surface area contributed by atoms with Crippen molar-refractivity contribution >= 4 is 39.2 Å².